The predicted octanol–water partition coefficient (Wildman–Crippen LogP) is 4.97. The minimum Gasteiger partial charge on any atom is -0.311 e. The highest BCUT2D eigenvalue weighted by molar-refractivity contribution is 8.01. The number of carbonyl (C=O) groups is 1. The summed E-state index contributed by atoms with van der Waals surface area (Å²) >= 11 is 3.41. The number of anilines is 1. The summed E-state index contributed by atoms with van der Waals surface area (Å²) in [6.45, 7) is 0.836. The van der Waals surface area contributed by atoms with Gasteiger partial charge in [0.2, 0.25) is 5.91 Å². The van der Waals surface area contributed by atoms with Gasteiger partial charge in [-0.05, 0) is 42.0 Å². The maximum absolute atomic E-state index is 12.7. The van der Waals surface area contributed by atoms with Crippen molar-refractivity contribution >= 4 is 44.8 Å². The molecule has 2 nitrogen and oxygen atoms in total. The lowest BCUT2D eigenvalue weighted by atomic mass is 10.0. The van der Waals surface area contributed by atoms with E-state index in [9.17, 15) is 4.79 Å². The first-order valence-electron chi connectivity index (χ1n) is 7.81. The Kier molecular flexibility index (Phi) is 4.10. The number of amides is 1. The van der Waals surface area contributed by atoms with Crippen molar-refractivity contribution in [3.8, 4) is 0 Å². The first-order valence-corrected chi connectivity index (χ1v) is 9.61. The third kappa shape index (κ3) is 3.01. The smallest absolute Gasteiger partial charge is 0.237 e. The van der Waals surface area contributed by atoms with Crippen LogP contribution < -0.4 is 4.90 Å². The molecule has 0 spiro atoms. The van der Waals surface area contributed by atoms with E-state index in [1.54, 1.807) is 23.1 Å². The van der Waals surface area contributed by atoms with Gasteiger partial charge in [-0.3, -0.25) is 4.79 Å². The Morgan fingerprint density at radius 2 is 1.96 bits per heavy atom. The summed E-state index contributed by atoms with van der Waals surface area (Å²) in [7, 11) is 0. The molecule has 2 aromatic carbocycles. The van der Waals surface area contributed by atoms with Crippen LogP contribution in [0.3, 0.4) is 0 Å². The molecular weight excluding hydrogens is 322 g/mol. The van der Waals surface area contributed by atoms with Gasteiger partial charge in [0.05, 0.1) is 9.96 Å². The number of nitrogens with zero attached hydrogens (tertiary/aromatic N) is 1. The number of rotatable bonds is 3. The van der Waals surface area contributed by atoms with E-state index in [-0.39, 0.29) is 5.91 Å². The van der Waals surface area contributed by atoms with Crippen LogP contribution in [0.5, 0.6) is 0 Å². The second-order valence-electron chi connectivity index (χ2n) is 5.67. The monoisotopic (exact) mass is 339 g/mol. The van der Waals surface area contributed by atoms with Crippen LogP contribution in [0.4, 0.5) is 5.69 Å². The maximum Gasteiger partial charge on any atom is 0.237 e. The zero-order chi connectivity index (χ0) is 15.6. The first-order chi connectivity index (χ1) is 11.3. The van der Waals surface area contributed by atoms with Crippen molar-refractivity contribution in [2.45, 2.75) is 17.1 Å². The second kappa shape index (κ2) is 6.38. The highest BCUT2D eigenvalue weighted by atomic mass is 32.2. The van der Waals surface area contributed by atoms with Crippen LogP contribution in [0.25, 0.3) is 10.1 Å². The summed E-state index contributed by atoms with van der Waals surface area (Å²) in [5.41, 5.74) is 2.39. The van der Waals surface area contributed by atoms with E-state index in [0.29, 0.717) is 5.75 Å². The largest absolute Gasteiger partial charge is 0.311 e. The molecule has 1 aromatic heterocycles. The van der Waals surface area contributed by atoms with Crippen molar-refractivity contribution in [1.82, 2.24) is 0 Å². The molecule has 1 amide bonds. The Balaban J connectivity index is 1.48. The SMILES string of the molecule is O=C(CSc1cc2ccccc2s1)N1CCCc2ccccc21. The Labute approximate surface area is 144 Å². The van der Waals surface area contributed by atoms with Gasteiger partial charge in [-0.2, -0.15) is 0 Å². The van der Waals surface area contributed by atoms with Gasteiger partial charge >= 0.3 is 0 Å². The summed E-state index contributed by atoms with van der Waals surface area (Å²) in [5, 5.41) is 1.26. The van der Waals surface area contributed by atoms with Crippen LogP contribution in [-0.4, -0.2) is 18.2 Å². The van der Waals surface area contributed by atoms with E-state index in [1.807, 2.05) is 11.0 Å². The van der Waals surface area contributed by atoms with Gasteiger partial charge < -0.3 is 4.90 Å². The number of hydrogen-bond acceptors (Lipinski definition) is 3. The molecule has 116 valence electrons. The third-order valence-corrected chi connectivity index (χ3v) is 6.46. The van der Waals surface area contributed by atoms with Crippen molar-refractivity contribution in [3.05, 3.63) is 60.2 Å². The van der Waals surface area contributed by atoms with Gasteiger partial charge in [-0.15, -0.1) is 23.1 Å². The molecule has 4 rings (SSSR count). The lowest BCUT2D eigenvalue weighted by Gasteiger charge is -2.29. The number of fused-ring (bicyclic) bond motifs is 2. The average Bonchev–Trinajstić information content (AvgIpc) is 3.02. The van der Waals surface area contributed by atoms with Crippen molar-refractivity contribution in [3.63, 3.8) is 0 Å². The van der Waals surface area contributed by atoms with Gasteiger partial charge in [0, 0.05) is 16.9 Å². The lowest BCUT2D eigenvalue weighted by Crippen LogP contribution is -2.36. The molecule has 0 atom stereocenters. The molecule has 3 aromatic rings. The van der Waals surface area contributed by atoms with Gasteiger partial charge in [-0.25, -0.2) is 0 Å². The van der Waals surface area contributed by atoms with Crippen molar-refractivity contribution in [2.24, 2.45) is 0 Å². The average molecular weight is 339 g/mol. The van der Waals surface area contributed by atoms with E-state index in [0.717, 1.165) is 25.1 Å². The summed E-state index contributed by atoms with van der Waals surface area (Å²) in [5.74, 6) is 0.709. The van der Waals surface area contributed by atoms with Gasteiger partial charge in [0.1, 0.15) is 0 Å². The Hall–Kier alpha value is -1.78. The van der Waals surface area contributed by atoms with Crippen molar-refractivity contribution < 1.29 is 4.79 Å². The topological polar surface area (TPSA) is 20.3 Å². The fourth-order valence-corrected chi connectivity index (χ4v) is 5.14. The normalized spacial score (nSPS) is 14.0. The highest BCUT2D eigenvalue weighted by Gasteiger charge is 2.22. The number of thiophene rings is 1. The Bertz CT molecular complexity index is 822. The number of para-hydroxylation sites is 1. The number of aryl methyl sites for hydroxylation is 1. The number of carbonyl (C=O) groups excluding carboxylic acids is 1. The Morgan fingerprint density at radius 3 is 2.87 bits per heavy atom. The van der Waals surface area contributed by atoms with Gasteiger partial charge in [0.25, 0.3) is 0 Å². The summed E-state index contributed by atoms with van der Waals surface area (Å²) in [6.07, 6.45) is 2.12. The van der Waals surface area contributed by atoms with Crippen molar-refractivity contribution in [1.29, 1.82) is 0 Å². The molecule has 0 saturated heterocycles. The Morgan fingerprint density at radius 1 is 1.13 bits per heavy atom. The number of benzene rings is 2. The fraction of sp³-hybridized carbons (Fsp3) is 0.211. The first kappa shape index (κ1) is 14.8. The van der Waals surface area contributed by atoms with Gasteiger partial charge in [0.15, 0.2) is 0 Å². The summed E-state index contributed by atoms with van der Waals surface area (Å²) in [6, 6.07) is 18.8. The molecule has 2 heterocycles. The summed E-state index contributed by atoms with van der Waals surface area (Å²) < 4.78 is 2.50. The van der Waals surface area contributed by atoms with E-state index in [2.05, 4.69) is 48.5 Å². The minimum atomic E-state index is 0.208. The predicted molar refractivity (Wildman–Crippen MR) is 99.7 cm³/mol. The molecule has 0 aliphatic carbocycles. The second-order valence-corrected chi connectivity index (χ2v) is 8.03. The third-order valence-electron chi connectivity index (χ3n) is 4.15. The molecule has 23 heavy (non-hydrogen) atoms. The van der Waals surface area contributed by atoms with E-state index < -0.39 is 0 Å². The molecule has 0 bridgehead atoms. The van der Waals surface area contributed by atoms with E-state index >= 15 is 0 Å². The van der Waals surface area contributed by atoms with Crippen molar-refractivity contribution in [2.75, 3.05) is 17.2 Å². The molecule has 0 unspecified atom stereocenters. The van der Waals surface area contributed by atoms with Gasteiger partial charge in [-0.1, -0.05) is 36.4 Å². The standard InChI is InChI=1S/C19H17NOS2/c21-18(20-11-5-8-14-6-1-3-9-16(14)20)13-22-19-12-15-7-2-4-10-17(15)23-19/h1-4,6-7,9-10,12H,5,8,11,13H2. The number of hydrogen-bond donors (Lipinski definition) is 0. The van der Waals surface area contributed by atoms with E-state index in [4.69, 9.17) is 0 Å². The van der Waals surface area contributed by atoms with Crippen LogP contribution >= 0.6 is 23.1 Å². The molecule has 1 aliphatic rings. The van der Waals surface area contributed by atoms with Crippen LogP contribution in [-0.2, 0) is 11.2 Å². The number of thioether (sulfide) groups is 1. The highest BCUT2D eigenvalue weighted by Crippen LogP contribution is 2.34. The van der Waals surface area contributed by atoms with Crippen LogP contribution in [0.2, 0.25) is 0 Å². The zero-order valence-electron chi connectivity index (χ0n) is 12.7. The van der Waals surface area contributed by atoms with Crippen LogP contribution in [0.1, 0.15) is 12.0 Å². The zero-order valence-corrected chi connectivity index (χ0v) is 14.3. The van der Waals surface area contributed by atoms with E-state index in [1.165, 1.54) is 19.9 Å². The quantitative estimate of drug-likeness (QED) is 0.628. The van der Waals surface area contributed by atoms with Crippen LogP contribution in [0, 0.1) is 0 Å². The fourth-order valence-electron chi connectivity index (χ4n) is 3.03. The molecule has 4 heteroatoms. The molecule has 1 aliphatic heterocycles. The minimum absolute atomic E-state index is 0.208. The molecule has 0 N–H and O–H groups in total. The summed E-state index contributed by atoms with van der Waals surface area (Å²) in [4.78, 5) is 14.6. The molecule has 0 radical (unpaired) electrons. The molecular formula is C19H17NOS2. The molecule has 0 saturated carbocycles. The maximum atomic E-state index is 12.7. The molecule has 0 fully saturated rings. The van der Waals surface area contributed by atoms with Crippen LogP contribution in [0.15, 0.2) is 58.8 Å². The lowest BCUT2D eigenvalue weighted by molar-refractivity contribution is -0.116.